The van der Waals surface area contributed by atoms with Gasteiger partial charge in [0.2, 0.25) is 0 Å². The normalized spacial score (nSPS) is 10.9. The van der Waals surface area contributed by atoms with E-state index in [1.807, 2.05) is 61.5 Å². The van der Waals surface area contributed by atoms with Crippen molar-refractivity contribution in [2.45, 2.75) is 39.5 Å². The molecule has 3 rings (SSSR count). The Bertz CT molecular complexity index is 1030. The number of hydrogen-bond donors (Lipinski definition) is 1. The standard InChI is InChI=1S/C24H26N2O3/c1-16(2)20-9-6-7-17(3)24(20)26-22(27)15-29-23(28)14-13-19-12-11-18-8-4-5-10-21(18)25-19/h4-12,16H,13-15H2,1-3H3,(H,26,27). The summed E-state index contributed by atoms with van der Waals surface area (Å²) in [6.45, 7) is 5.80. The molecule has 0 aliphatic rings. The van der Waals surface area contributed by atoms with Crippen LogP contribution in [0, 0.1) is 6.92 Å². The van der Waals surface area contributed by atoms with Crippen LogP contribution in [0.5, 0.6) is 0 Å². The van der Waals surface area contributed by atoms with Gasteiger partial charge in [0.25, 0.3) is 5.91 Å². The molecule has 1 amide bonds. The highest BCUT2D eigenvalue weighted by Crippen LogP contribution is 2.27. The molecule has 1 heterocycles. The lowest BCUT2D eigenvalue weighted by Crippen LogP contribution is -2.22. The minimum Gasteiger partial charge on any atom is -0.456 e. The van der Waals surface area contributed by atoms with E-state index in [4.69, 9.17) is 4.74 Å². The SMILES string of the molecule is Cc1cccc(C(C)C)c1NC(=O)COC(=O)CCc1ccc2ccccc2n1. The third-order valence-electron chi connectivity index (χ3n) is 4.80. The minimum absolute atomic E-state index is 0.181. The van der Waals surface area contributed by atoms with Crippen molar-refractivity contribution in [3.8, 4) is 0 Å². The second-order valence-electron chi connectivity index (χ2n) is 7.40. The lowest BCUT2D eigenvalue weighted by atomic mass is 9.98. The molecule has 1 N–H and O–H groups in total. The molecule has 5 nitrogen and oxygen atoms in total. The maximum Gasteiger partial charge on any atom is 0.306 e. The molecule has 0 aliphatic carbocycles. The number of aromatic nitrogens is 1. The Labute approximate surface area is 171 Å². The monoisotopic (exact) mass is 390 g/mol. The Balaban J connectivity index is 1.51. The number of para-hydroxylation sites is 2. The Morgan fingerprint density at radius 3 is 2.62 bits per heavy atom. The third-order valence-corrected chi connectivity index (χ3v) is 4.80. The molecule has 5 heteroatoms. The predicted molar refractivity (Wildman–Crippen MR) is 115 cm³/mol. The van der Waals surface area contributed by atoms with Crippen molar-refractivity contribution in [3.63, 3.8) is 0 Å². The zero-order valence-electron chi connectivity index (χ0n) is 17.1. The number of esters is 1. The maximum atomic E-state index is 12.3. The van der Waals surface area contributed by atoms with Crippen molar-refractivity contribution in [1.29, 1.82) is 0 Å². The molecule has 0 radical (unpaired) electrons. The number of fused-ring (bicyclic) bond motifs is 1. The van der Waals surface area contributed by atoms with Crippen LogP contribution in [0.3, 0.4) is 0 Å². The number of rotatable bonds is 7. The highest BCUT2D eigenvalue weighted by Gasteiger charge is 2.14. The van der Waals surface area contributed by atoms with Gasteiger partial charge in [0.1, 0.15) is 0 Å². The molecule has 0 fully saturated rings. The molecule has 0 saturated carbocycles. The van der Waals surface area contributed by atoms with Crippen molar-refractivity contribution >= 4 is 28.5 Å². The number of benzene rings is 2. The van der Waals surface area contributed by atoms with Crippen LogP contribution in [0.25, 0.3) is 10.9 Å². The summed E-state index contributed by atoms with van der Waals surface area (Å²) in [5.74, 6) is -0.468. The van der Waals surface area contributed by atoms with Crippen LogP contribution in [-0.4, -0.2) is 23.5 Å². The first-order valence-corrected chi connectivity index (χ1v) is 9.83. The summed E-state index contributed by atoms with van der Waals surface area (Å²) in [5.41, 5.74) is 4.57. The van der Waals surface area contributed by atoms with Crippen molar-refractivity contribution in [3.05, 3.63) is 71.4 Å². The summed E-state index contributed by atoms with van der Waals surface area (Å²) < 4.78 is 5.15. The van der Waals surface area contributed by atoms with Gasteiger partial charge in [-0.15, -0.1) is 0 Å². The second-order valence-corrected chi connectivity index (χ2v) is 7.40. The van der Waals surface area contributed by atoms with Gasteiger partial charge in [0.05, 0.1) is 11.9 Å². The summed E-state index contributed by atoms with van der Waals surface area (Å²) in [4.78, 5) is 28.9. The molecule has 0 aliphatic heterocycles. The fourth-order valence-electron chi connectivity index (χ4n) is 3.21. The molecule has 0 bridgehead atoms. The quantitative estimate of drug-likeness (QED) is 0.590. The van der Waals surface area contributed by atoms with E-state index in [0.29, 0.717) is 6.42 Å². The molecule has 0 atom stereocenters. The Morgan fingerprint density at radius 1 is 1.03 bits per heavy atom. The predicted octanol–water partition coefficient (Wildman–Crippen LogP) is 4.78. The van der Waals surface area contributed by atoms with Gasteiger partial charge >= 0.3 is 5.97 Å². The van der Waals surface area contributed by atoms with Crippen LogP contribution in [0.2, 0.25) is 0 Å². The van der Waals surface area contributed by atoms with Gasteiger partial charge in [-0.25, -0.2) is 0 Å². The molecular formula is C24H26N2O3. The van der Waals surface area contributed by atoms with E-state index in [2.05, 4.69) is 24.1 Å². The minimum atomic E-state index is -0.413. The second kappa shape index (κ2) is 9.32. The lowest BCUT2D eigenvalue weighted by Gasteiger charge is -2.16. The molecule has 150 valence electrons. The van der Waals surface area contributed by atoms with Crippen LogP contribution in [0.1, 0.15) is 43.0 Å². The fraction of sp³-hybridized carbons (Fsp3) is 0.292. The van der Waals surface area contributed by atoms with Crippen LogP contribution >= 0.6 is 0 Å². The van der Waals surface area contributed by atoms with Gasteiger partial charge in [-0.3, -0.25) is 14.6 Å². The van der Waals surface area contributed by atoms with Crippen molar-refractivity contribution in [2.75, 3.05) is 11.9 Å². The Kier molecular flexibility index (Phi) is 6.60. The average Bonchev–Trinajstić information content (AvgIpc) is 2.71. The number of amides is 1. The first-order valence-electron chi connectivity index (χ1n) is 9.83. The summed E-state index contributed by atoms with van der Waals surface area (Å²) in [5, 5.41) is 3.94. The molecule has 0 unspecified atom stereocenters. The van der Waals surface area contributed by atoms with Gasteiger partial charge in [-0.1, -0.05) is 56.3 Å². The van der Waals surface area contributed by atoms with E-state index in [1.165, 1.54) is 0 Å². The molecule has 2 aromatic carbocycles. The fourth-order valence-corrected chi connectivity index (χ4v) is 3.21. The molecule has 29 heavy (non-hydrogen) atoms. The average molecular weight is 390 g/mol. The number of anilines is 1. The first-order chi connectivity index (χ1) is 13.9. The Hall–Kier alpha value is -3.21. The lowest BCUT2D eigenvalue weighted by molar-refractivity contribution is -0.147. The topological polar surface area (TPSA) is 68.3 Å². The van der Waals surface area contributed by atoms with Gasteiger partial charge in [-0.05, 0) is 36.1 Å². The van der Waals surface area contributed by atoms with E-state index < -0.39 is 5.97 Å². The van der Waals surface area contributed by atoms with E-state index >= 15 is 0 Å². The van der Waals surface area contributed by atoms with Crippen molar-refractivity contribution in [2.24, 2.45) is 0 Å². The molecule has 3 aromatic rings. The number of ether oxygens (including phenoxy) is 1. The number of carbonyl (C=O) groups is 2. The van der Waals surface area contributed by atoms with Crippen LogP contribution < -0.4 is 5.32 Å². The summed E-state index contributed by atoms with van der Waals surface area (Å²) in [7, 11) is 0. The summed E-state index contributed by atoms with van der Waals surface area (Å²) in [6.07, 6.45) is 0.654. The number of nitrogens with one attached hydrogen (secondary N) is 1. The molecular weight excluding hydrogens is 364 g/mol. The first kappa shape index (κ1) is 20.5. The van der Waals surface area contributed by atoms with Crippen molar-refractivity contribution < 1.29 is 14.3 Å². The van der Waals surface area contributed by atoms with E-state index in [0.717, 1.165) is 33.4 Å². The van der Waals surface area contributed by atoms with Crippen LogP contribution in [-0.2, 0) is 20.7 Å². The van der Waals surface area contributed by atoms with E-state index in [9.17, 15) is 9.59 Å². The zero-order valence-corrected chi connectivity index (χ0v) is 17.1. The molecule has 0 saturated heterocycles. The molecule has 0 spiro atoms. The number of hydrogen-bond acceptors (Lipinski definition) is 4. The maximum absolute atomic E-state index is 12.3. The highest BCUT2D eigenvalue weighted by atomic mass is 16.5. The number of carbonyl (C=O) groups excluding carboxylic acids is 2. The largest absolute Gasteiger partial charge is 0.456 e. The highest BCUT2D eigenvalue weighted by molar-refractivity contribution is 5.94. The number of pyridine rings is 1. The van der Waals surface area contributed by atoms with Crippen LogP contribution in [0.15, 0.2) is 54.6 Å². The van der Waals surface area contributed by atoms with E-state index in [1.54, 1.807) is 0 Å². The zero-order chi connectivity index (χ0) is 20.8. The van der Waals surface area contributed by atoms with Gasteiger partial charge < -0.3 is 10.1 Å². The smallest absolute Gasteiger partial charge is 0.306 e. The Morgan fingerprint density at radius 2 is 1.83 bits per heavy atom. The van der Waals surface area contributed by atoms with Crippen LogP contribution in [0.4, 0.5) is 5.69 Å². The third kappa shape index (κ3) is 5.41. The molecule has 1 aromatic heterocycles. The van der Waals surface area contributed by atoms with Gasteiger partial charge in [-0.2, -0.15) is 0 Å². The summed E-state index contributed by atoms with van der Waals surface area (Å²) >= 11 is 0. The summed E-state index contributed by atoms with van der Waals surface area (Å²) in [6, 6.07) is 17.7. The van der Waals surface area contributed by atoms with Crippen molar-refractivity contribution in [1.82, 2.24) is 4.98 Å². The van der Waals surface area contributed by atoms with Gasteiger partial charge in [0, 0.05) is 23.2 Å². The number of nitrogens with zero attached hydrogens (tertiary/aromatic N) is 1. The number of aryl methyl sites for hydroxylation is 2. The van der Waals surface area contributed by atoms with Gasteiger partial charge in [0.15, 0.2) is 6.61 Å². The van der Waals surface area contributed by atoms with E-state index in [-0.39, 0.29) is 24.9 Å².